The van der Waals surface area contributed by atoms with Gasteiger partial charge in [-0.25, -0.2) is 4.79 Å². The molecule has 0 bridgehead atoms. The monoisotopic (exact) mass is 261 g/mol. The smallest absolute Gasteiger partial charge is 0.340 e. The van der Waals surface area contributed by atoms with Crippen LogP contribution in [0.2, 0.25) is 0 Å². The van der Waals surface area contributed by atoms with Crippen molar-refractivity contribution in [2.24, 2.45) is 0 Å². The maximum atomic E-state index is 12.3. The summed E-state index contributed by atoms with van der Waals surface area (Å²) in [6, 6.07) is 4.08. The normalized spacial score (nSPS) is 18.5. The fraction of sp³-hybridized carbons (Fsp3) is 0.562. The zero-order chi connectivity index (χ0) is 14.2. The molecule has 0 saturated heterocycles. The van der Waals surface area contributed by atoms with Gasteiger partial charge in [-0.05, 0) is 57.2 Å². The van der Waals surface area contributed by atoms with Gasteiger partial charge in [0.15, 0.2) is 0 Å². The van der Waals surface area contributed by atoms with Crippen molar-refractivity contribution in [3.05, 3.63) is 28.8 Å². The Morgan fingerprint density at radius 3 is 2.68 bits per heavy atom. The summed E-state index contributed by atoms with van der Waals surface area (Å²) in [4.78, 5) is 12.3. The Balaban J connectivity index is 2.43. The molecule has 1 unspecified atom stereocenters. The number of anilines is 1. The average Bonchev–Trinajstić information content (AvgIpc) is 2.27. The molecule has 1 aromatic carbocycles. The third-order valence-electron chi connectivity index (χ3n) is 3.34. The molecular weight excluding hydrogens is 238 g/mol. The number of esters is 1. The van der Waals surface area contributed by atoms with E-state index >= 15 is 0 Å². The number of benzene rings is 1. The first-order valence-corrected chi connectivity index (χ1v) is 6.89. The number of nitrogens with one attached hydrogen (secondary N) is 1. The molecule has 1 N–H and O–H groups in total. The fourth-order valence-corrected chi connectivity index (χ4v) is 2.46. The van der Waals surface area contributed by atoms with Crippen LogP contribution in [-0.4, -0.2) is 18.1 Å². The van der Waals surface area contributed by atoms with E-state index in [0.29, 0.717) is 11.5 Å². The van der Waals surface area contributed by atoms with Crippen molar-refractivity contribution in [2.75, 3.05) is 11.9 Å². The summed E-state index contributed by atoms with van der Waals surface area (Å²) >= 11 is 0. The molecule has 0 radical (unpaired) electrons. The Morgan fingerprint density at radius 1 is 1.37 bits per heavy atom. The minimum atomic E-state index is -0.464. The molecule has 104 valence electrons. The quantitative estimate of drug-likeness (QED) is 0.780. The molecule has 0 saturated carbocycles. The maximum absolute atomic E-state index is 12.3. The highest BCUT2D eigenvalue weighted by molar-refractivity contribution is 5.97. The summed E-state index contributed by atoms with van der Waals surface area (Å²) < 4.78 is 5.50. The molecule has 0 amide bonds. The van der Waals surface area contributed by atoms with Gasteiger partial charge in [-0.1, -0.05) is 13.0 Å². The number of ether oxygens (including phenoxy) is 1. The van der Waals surface area contributed by atoms with E-state index in [2.05, 4.69) is 18.3 Å². The molecule has 0 aliphatic carbocycles. The highest BCUT2D eigenvalue weighted by Gasteiger charge is 2.25. The van der Waals surface area contributed by atoms with Gasteiger partial charge in [-0.3, -0.25) is 0 Å². The Morgan fingerprint density at radius 2 is 2.05 bits per heavy atom. The predicted octanol–water partition coefficient (Wildman–Crippen LogP) is 3.87. The van der Waals surface area contributed by atoms with E-state index in [1.807, 2.05) is 33.8 Å². The first-order chi connectivity index (χ1) is 8.78. The summed E-state index contributed by atoms with van der Waals surface area (Å²) in [6.45, 7) is 10.8. The van der Waals surface area contributed by atoms with Crippen LogP contribution >= 0.6 is 0 Å². The van der Waals surface area contributed by atoms with Crippen LogP contribution in [0.15, 0.2) is 12.1 Å². The van der Waals surface area contributed by atoms with Crippen LogP contribution in [0, 0.1) is 6.92 Å². The minimum absolute atomic E-state index is 0.242. The molecule has 0 spiro atoms. The second-order valence-corrected chi connectivity index (χ2v) is 6.40. The van der Waals surface area contributed by atoms with Gasteiger partial charge in [-0.2, -0.15) is 0 Å². The van der Waals surface area contributed by atoms with Crippen molar-refractivity contribution < 1.29 is 9.53 Å². The van der Waals surface area contributed by atoms with Crippen LogP contribution < -0.4 is 5.32 Å². The summed E-state index contributed by atoms with van der Waals surface area (Å²) in [7, 11) is 0. The Hall–Kier alpha value is -1.51. The van der Waals surface area contributed by atoms with E-state index in [4.69, 9.17) is 4.74 Å². The molecule has 3 nitrogen and oxygen atoms in total. The van der Waals surface area contributed by atoms with E-state index in [0.717, 1.165) is 24.2 Å². The molecule has 1 aliphatic heterocycles. The zero-order valence-electron chi connectivity index (χ0n) is 12.5. The van der Waals surface area contributed by atoms with Gasteiger partial charge < -0.3 is 10.1 Å². The van der Waals surface area contributed by atoms with Crippen molar-refractivity contribution >= 4 is 11.7 Å². The fourth-order valence-electron chi connectivity index (χ4n) is 2.46. The number of aryl methyl sites for hydroxylation is 1. The predicted molar refractivity (Wildman–Crippen MR) is 77.9 cm³/mol. The first-order valence-electron chi connectivity index (χ1n) is 6.89. The van der Waals surface area contributed by atoms with Crippen molar-refractivity contribution in [2.45, 2.75) is 52.6 Å². The SMILES string of the molecule is Cc1cc(C(=O)OC(C)(C)C)c2c(c1)C(C)CCN2. The molecule has 19 heavy (non-hydrogen) atoms. The molecule has 1 heterocycles. The van der Waals surface area contributed by atoms with E-state index in [1.54, 1.807) is 0 Å². The van der Waals surface area contributed by atoms with Crippen molar-refractivity contribution in [1.29, 1.82) is 0 Å². The lowest BCUT2D eigenvalue weighted by Gasteiger charge is -2.27. The van der Waals surface area contributed by atoms with Gasteiger partial charge >= 0.3 is 5.97 Å². The Labute approximate surface area is 115 Å². The third kappa shape index (κ3) is 3.09. The van der Waals surface area contributed by atoms with Crippen molar-refractivity contribution in [3.63, 3.8) is 0 Å². The van der Waals surface area contributed by atoms with Crippen LogP contribution in [0.5, 0.6) is 0 Å². The molecule has 1 atom stereocenters. The van der Waals surface area contributed by atoms with Crippen molar-refractivity contribution in [1.82, 2.24) is 0 Å². The largest absolute Gasteiger partial charge is 0.456 e. The average molecular weight is 261 g/mol. The summed E-state index contributed by atoms with van der Waals surface area (Å²) in [5, 5.41) is 3.35. The van der Waals surface area contributed by atoms with Gasteiger partial charge in [0, 0.05) is 6.54 Å². The molecule has 3 heteroatoms. The van der Waals surface area contributed by atoms with Gasteiger partial charge in [0.25, 0.3) is 0 Å². The number of hydrogen-bond acceptors (Lipinski definition) is 3. The van der Waals surface area contributed by atoms with Crippen LogP contribution in [0.25, 0.3) is 0 Å². The Bertz CT molecular complexity index is 500. The maximum Gasteiger partial charge on any atom is 0.340 e. The van der Waals surface area contributed by atoms with E-state index in [1.165, 1.54) is 5.56 Å². The molecule has 2 rings (SSSR count). The number of carbonyl (C=O) groups excluding carboxylic acids is 1. The molecule has 1 aromatic rings. The molecule has 1 aliphatic rings. The summed E-state index contributed by atoms with van der Waals surface area (Å²) in [6.07, 6.45) is 1.10. The number of hydrogen-bond donors (Lipinski definition) is 1. The Kier molecular flexibility index (Phi) is 3.57. The van der Waals surface area contributed by atoms with Crippen LogP contribution in [0.1, 0.15) is 61.5 Å². The van der Waals surface area contributed by atoms with Gasteiger partial charge in [0.2, 0.25) is 0 Å². The summed E-state index contributed by atoms with van der Waals surface area (Å²) in [5.41, 5.74) is 3.49. The molecule has 0 aromatic heterocycles. The molecular formula is C16H23NO2. The van der Waals surface area contributed by atoms with E-state index in [-0.39, 0.29) is 5.97 Å². The van der Waals surface area contributed by atoms with E-state index < -0.39 is 5.60 Å². The zero-order valence-corrected chi connectivity index (χ0v) is 12.5. The highest BCUT2D eigenvalue weighted by atomic mass is 16.6. The highest BCUT2D eigenvalue weighted by Crippen LogP contribution is 2.35. The van der Waals surface area contributed by atoms with Gasteiger partial charge in [0.1, 0.15) is 5.60 Å². The standard InChI is InChI=1S/C16H23NO2/c1-10-8-12-11(2)6-7-17-14(12)13(9-10)15(18)19-16(3,4)5/h8-9,11,17H,6-7H2,1-5H3. The lowest BCUT2D eigenvalue weighted by atomic mass is 9.89. The topological polar surface area (TPSA) is 38.3 Å². The van der Waals surface area contributed by atoms with Crippen LogP contribution in [0.3, 0.4) is 0 Å². The van der Waals surface area contributed by atoms with Crippen molar-refractivity contribution in [3.8, 4) is 0 Å². The first kappa shape index (κ1) is 13.9. The van der Waals surface area contributed by atoms with Gasteiger partial charge in [0.05, 0.1) is 11.3 Å². The minimum Gasteiger partial charge on any atom is -0.456 e. The molecule has 0 fully saturated rings. The lowest BCUT2D eigenvalue weighted by molar-refractivity contribution is 0.00704. The van der Waals surface area contributed by atoms with Crippen LogP contribution in [-0.2, 0) is 4.74 Å². The second-order valence-electron chi connectivity index (χ2n) is 6.40. The summed E-state index contributed by atoms with van der Waals surface area (Å²) in [5.74, 6) is 0.242. The van der Waals surface area contributed by atoms with Gasteiger partial charge in [-0.15, -0.1) is 0 Å². The van der Waals surface area contributed by atoms with E-state index in [9.17, 15) is 4.79 Å². The second kappa shape index (κ2) is 4.87. The number of fused-ring (bicyclic) bond motifs is 1. The third-order valence-corrected chi connectivity index (χ3v) is 3.34. The van der Waals surface area contributed by atoms with Crippen LogP contribution in [0.4, 0.5) is 5.69 Å². The lowest BCUT2D eigenvalue weighted by Crippen LogP contribution is -2.26. The number of rotatable bonds is 1. The number of carbonyl (C=O) groups is 1.